The van der Waals surface area contributed by atoms with Gasteiger partial charge < -0.3 is 10.1 Å². The largest absolute Gasteiger partial charge is 0.494 e. The summed E-state index contributed by atoms with van der Waals surface area (Å²) in [6.07, 6.45) is 0. The zero-order valence-corrected chi connectivity index (χ0v) is 11.5. The third-order valence-corrected chi connectivity index (χ3v) is 3.79. The maximum atomic E-state index is 13.2. The molecule has 1 aromatic carbocycles. The number of methoxy groups -OCH3 is 1. The van der Waals surface area contributed by atoms with Crippen LogP contribution in [0, 0.1) is 19.7 Å². The van der Waals surface area contributed by atoms with Crippen molar-refractivity contribution in [2.75, 3.05) is 12.4 Å². The number of nitrogens with one attached hydrogen (secondary N) is 1. The van der Waals surface area contributed by atoms with Crippen LogP contribution in [0.25, 0.3) is 0 Å². The molecule has 1 N–H and O–H groups in total. The van der Waals surface area contributed by atoms with Gasteiger partial charge in [-0.3, -0.25) is 0 Å². The van der Waals surface area contributed by atoms with E-state index in [1.165, 1.54) is 28.5 Å². The molecule has 0 amide bonds. The van der Waals surface area contributed by atoms with Gasteiger partial charge in [-0.2, -0.15) is 0 Å². The second-order valence-corrected chi connectivity index (χ2v) is 5.60. The molecule has 2 nitrogen and oxygen atoms in total. The van der Waals surface area contributed by atoms with Crippen LogP contribution in [0.1, 0.15) is 15.3 Å². The van der Waals surface area contributed by atoms with Gasteiger partial charge in [-0.25, -0.2) is 4.39 Å². The molecule has 18 heavy (non-hydrogen) atoms. The molecular formula is C14H16FNOS. The summed E-state index contributed by atoms with van der Waals surface area (Å²) in [4.78, 5) is 2.62. The molecule has 1 aromatic heterocycles. The molecule has 0 spiro atoms. The third kappa shape index (κ3) is 2.82. The summed E-state index contributed by atoms with van der Waals surface area (Å²) in [5.41, 5.74) is 2.14. The fourth-order valence-corrected chi connectivity index (χ4v) is 2.77. The van der Waals surface area contributed by atoms with Crippen LogP contribution >= 0.6 is 11.3 Å². The number of rotatable bonds is 4. The monoisotopic (exact) mass is 265 g/mol. The van der Waals surface area contributed by atoms with Gasteiger partial charge in [-0.05, 0) is 37.6 Å². The Balaban J connectivity index is 2.08. The molecule has 2 aromatic rings. The second kappa shape index (κ2) is 5.40. The smallest absolute Gasteiger partial charge is 0.165 e. The molecule has 0 fully saturated rings. The van der Waals surface area contributed by atoms with E-state index in [1.807, 2.05) is 0 Å². The van der Waals surface area contributed by atoms with E-state index in [0.29, 0.717) is 0 Å². The Morgan fingerprint density at radius 3 is 2.67 bits per heavy atom. The lowest BCUT2D eigenvalue weighted by Crippen LogP contribution is -2.00. The van der Waals surface area contributed by atoms with Gasteiger partial charge in [0.1, 0.15) is 0 Å². The summed E-state index contributed by atoms with van der Waals surface area (Å²) in [5, 5.41) is 3.28. The van der Waals surface area contributed by atoms with E-state index >= 15 is 0 Å². The molecule has 0 aliphatic heterocycles. The van der Waals surface area contributed by atoms with E-state index in [4.69, 9.17) is 4.74 Å². The molecule has 0 saturated heterocycles. The predicted molar refractivity (Wildman–Crippen MR) is 74.1 cm³/mol. The normalized spacial score (nSPS) is 10.4. The molecule has 96 valence electrons. The lowest BCUT2D eigenvalue weighted by Gasteiger charge is -2.08. The molecule has 0 bridgehead atoms. The zero-order chi connectivity index (χ0) is 13.1. The van der Waals surface area contributed by atoms with Crippen molar-refractivity contribution < 1.29 is 9.13 Å². The molecule has 0 radical (unpaired) electrons. The SMILES string of the molecule is COc1cc(NCc2cc(C)sc2C)ccc1F. The van der Waals surface area contributed by atoms with Gasteiger partial charge in [0.05, 0.1) is 7.11 Å². The Kier molecular flexibility index (Phi) is 3.87. The quantitative estimate of drug-likeness (QED) is 0.897. The lowest BCUT2D eigenvalue weighted by atomic mass is 10.2. The minimum absolute atomic E-state index is 0.262. The average Bonchev–Trinajstić information content (AvgIpc) is 2.67. The Labute approximate surface area is 110 Å². The highest BCUT2D eigenvalue weighted by Gasteiger charge is 2.05. The highest BCUT2D eigenvalue weighted by molar-refractivity contribution is 7.12. The van der Waals surface area contributed by atoms with Crippen LogP contribution in [0.5, 0.6) is 5.75 Å². The molecule has 4 heteroatoms. The Bertz CT molecular complexity index is 551. The number of anilines is 1. The highest BCUT2D eigenvalue weighted by atomic mass is 32.1. The number of hydrogen-bond acceptors (Lipinski definition) is 3. The number of ether oxygens (including phenoxy) is 1. The maximum absolute atomic E-state index is 13.2. The van der Waals surface area contributed by atoms with Crippen LogP contribution < -0.4 is 10.1 Å². The van der Waals surface area contributed by atoms with Crippen molar-refractivity contribution in [1.82, 2.24) is 0 Å². The second-order valence-electron chi connectivity index (χ2n) is 4.14. The summed E-state index contributed by atoms with van der Waals surface area (Å²) < 4.78 is 18.2. The van der Waals surface area contributed by atoms with Crippen molar-refractivity contribution in [3.8, 4) is 5.75 Å². The van der Waals surface area contributed by atoms with Gasteiger partial charge in [-0.1, -0.05) is 0 Å². The van der Waals surface area contributed by atoms with Crippen LogP contribution in [0.4, 0.5) is 10.1 Å². The van der Waals surface area contributed by atoms with Gasteiger partial charge in [-0.15, -0.1) is 11.3 Å². The van der Waals surface area contributed by atoms with Gasteiger partial charge in [0.2, 0.25) is 0 Å². The van der Waals surface area contributed by atoms with E-state index in [2.05, 4.69) is 25.2 Å². The molecule has 2 rings (SSSR count). The van der Waals surface area contributed by atoms with Gasteiger partial charge in [0.25, 0.3) is 0 Å². The molecule has 0 atom stereocenters. The fourth-order valence-electron chi connectivity index (χ4n) is 1.83. The van der Waals surface area contributed by atoms with Crippen molar-refractivity contribution in [3.05, 3.63) is 45.4 Å². The molecule has 1 heterocycles. The van der Waals surface area contributed by atoms with Crippen LogP contribution in [0.15, 0.2) is 24.3 Å². The van der Waals surface area contributed by atoms with E-state index in [1.54, 1.807) is 23.5 Å². The Hall–Kier alpha value is -1.55. The zero-order valence-electron chi connectivity index (χ0n) is 10.7. The Morgan fingerprint density at radius 1 is 1.28 bits per heavy atom. The number of aryl methyl sites for hydroxylation is 2. The van der Waals surface area contributed by atoms with E-state index in [9.17, 15) is 4.39 Å². The van der Waals surface area contributed by atoms with E-state index < -0.39 is 0 Å². The molecule has 0 unspecified atom stereocenters. The van der Waals surface area contributed by atoms with Crippen LogP contribution in [-0.4, -0.2) is 7.11 Å². The molecule has 0 aliphatic carbocycles. The van der Waals surface area contributed by atoms with Crippen LogP contribution in [0.3, 0.4) is 0 Å². The summed E-state index contributed by atoms with van der Waals surface area (Å²) >= 11 is 1.79. The molecular weight excluding hydrogens is 249 g/mol. The van der Waals surface area contributed by atoms with Crippen molar-refractivity contribution in [2.24, 2.45) is 0 Å². The summed E-state index contributed by atoms with van der Waals surface area (Å²) in [5.74, 6) is -0.0798. The first-order valence-electron chi connectivity index (χ1n) is 5.73. The first-order valence-corrected chi connectivity index (χ1v) is 6.55. The predicted octanol–water partition coefficient (Wildman–Crippen LogP) is 4.12. The maximum Gasteiger partial charge on any atom is 0.165 e. The van der Waals surface area contributed by atoms with Crippen LogP contribution in [0.2, 0.25) is 0 Å². The number of thiophene rings is 1. The highest BCUT2D eigenvalue weighted by Crippen LogP contribution is 2.24. The minimum atomic E-state index is -0.342. The number of halogens is 1. The van der Waals surface area contributed by atoms with Crippen molar-refractivity contribution in [3.63, 3.8) is 0 Å². The fraction of sp³-hybridized carbons (Fsp3) is 0.286. The van der Waals surface area contributed by atoms with Crippen molar-refractivity contribution in [1.29, 1.82) is 0 Å². The minimum Gasteiger partial charge on any atom is -0.494 e. The topological polar surface area (TPSA) is 21.3 Å². The Morgan fingerprint density at radius 2 is 2.06 bits per heavy atom. The first-order chi connectivity index (χ1) is 8.60. The lowest BCUT2D eigenvalue weighted by molar-refractivity contribution is 0.387. The first kappa shape index (κ1) is 12.9. The summed E-state index contributed by atoms with van der Waals surface area (Å²) in [6, 6.07) is 6.97. The van der Waals surface area contributed by atoms with Crippen molar-refractivity contribution >= 4 is 17.0 Å². The van der Waals surface area contributed by atoms with Gasteiger partial charge in [0, 0.05) is 28.1 Å². The number of hydrogen-bond donors (Lipinski definition) is 1. The van der Waals surface area contributed by atoms with Crippen LogP contribution in [-0.2, 0) is 6.54 Å². The van der Waals surface area contributed by atoms with E-state index in [0.717, 1.165) is 12.2 Å². The third-order valence-electron chi connectivity index (χ3n) is 2.78. The molecule has 0 saturated carbocycles. The average molecular weight is 265 g/mol. The van der Waals surface area contributed by atoms with Gasteiger partial charge in [0.15, 0.2) is 11.6 Å². The summed E-state index contributed by atoms with van der Waals surface area (Å²) in [7, 11) is 1.47. The number of benzene rings is 1. The standard InChI is InChI=1S/C14H16FNOS/c1-9-6-11(10(2)18-9)8-16-12-4-5-13(15)14(7-12)17-3/h4-7,16H,8H2,1-3H3. The summed E-state index contributed by atoms with van der Waals surface area (Å²) in [6.45, 7) is 4.95. The van der Waals surface area contributed by atoms with E-state index in [-0.39, 0.29) is 11.6 Å². The van der Waals surface area contributed by atoms with Gasteiger partial charge >= 0.3 is 0 Å². The molecule has 0 aliphatic rings. The van der Waals surface area contributed by atoms with Crippen molar-refractivity contribution in [2.45, 2.75) is 20.4 Å².